The van der Waals surface area contributed by atoms with Gasteiger partial charge in [-0.25, -0.2) is 0 Å². The molecule has 0 spiro atoms. The Hall–Kier alpha value is -1.52. The van der Waals surface area contributed by atoms with E-state index < -0.39 is 0 Å². The second kappa shape index (κ2) is 5.42. The van der Waals surface area contributed by atoms with Crippen LogP contribution in [-0.2, 0) is 13.0 Å². The van der Waals surface area contributed by atoms with Crippen molar-refractivity contribution in [1.29, 1.82) is 0 Å². The molecule has 0 saturated carbocycles. The van der Waals surface area contributed by atoms with Crippen LogP contribution < -0.4 is 5.73 Å². The highest BCUT2D eigenvalue weighted by molar-refractivity contribution is 5.85. The van der Waals surface area contributed by atoms with Crippen LogP contribution in [0, 0.1) is 19.3 Å². The van der Waals surface area contributed by atoms with Crippen molar-refractivity contribution < 1.29 is 5.21 Å². The summed E-state index contributed by atoms with van der Waals surface area (Å²) in [6, 6.07) is 0. The second-order valence-electron chi connectivity index (χ2n) is 5.35. The molecular weight excluding hydrogens is 228 g/mol. The van der Waals surface area contributed by atoms with Gasteiger partial charge in [-0.2, -0.15) is 5.10 Å². The minimum Gasteiger partial charge on any atom is -0.409 e. The second-order valence-corrected chi connectivity index (χ2v) is 5.35. The fourth-order valence-electron chi connectivity index (χ4n) is 2.11. The molecule has 102 valence electrons. The van der Waals surface area contributed by atoms with Crippen molar-refractivity contribution in [1.82, 2.24) is 9.78 Å². The Kier molecular flexibility index (Phi) is 4.38. The van der Waals surface area contributed by atoms with Crippen LogP contribution in [0.5, 0.6) is 0 Å². The molecule has 18 heavy (non-hydrogen) atoms. The number of hydrogen-bond acceptors (Lipinski definition) is 3. The monoisotopic (exact) mass is 252 g/mol. The molecular formula is C13H24N4O. The fourth-order valence-corrected chi connectivity index (χ4v) is 2.11. The Balaban J connectivity index is 2.82. The van der Waals surface area contributed by atoms with E-state index in [9.17, 15) is 0 Å². The Morgan fingerprint density at radius 3 is 2.50 bits per heavy atom. The molecule has 0 aromatic carbocycles. The quantitative estimate of drug-likeness (QED) is 0.365. The van der Waals surface area contributed by atoms with Crippen molar-refractivity contribution in [2.24, 2.45) is 16.3 Å². The number of nitrogens with two attached hydrogens (primary N) is 1. The number of oxime groups is 1. The molecule has 1 rings (SSSR count). The Bertz CT molecular complexity index is 446. The number of amidine groups is 1. The normalized spacial score (nSPS) is 13.1. The van der Waals surface area contributed by atoms with Crippen LogP contribution in [0.25, 0.3) is 0 Å². The zero-order valence-electron chi connectivity index (χ0n) is 12.0. The zero-order chi connectivity index (χ0) is 13.9. The molecule has 0 fully saturated rings. The van der Waals surface area contributed by atoms with Gasteiger partial charge in [0.1, 0.15) is 5.84 Å². The predicted octanol–water partition coefficient (Wildman–Crippen LogP) is 2.23. The van der Waals surface area contributed by atoms with Crippen LogP contribution in [0.15, 0.2) is 5.16 Å². The first kappa shape index (κ1) is 14.5. The summed E-state index contributed by atoms with van der Waals surface area (Å²) in [5.74, 6) is 0.264. The summed E-state index contributed by atoms with van der Waals surface area (Å²) in [6.45, 7) is 11.0. The summed E-state index contributed by atoms with van der Waals surface area (Å²) >= 11 is 0. The lowest BCUT2D eigenvalue weighted by atomic mass is 9.88. The smallest absolute Gasteiger partial charge is 0.144 e. The molecule has 0 atom stereocenters. The van der Waals surface area contributed by atoms with E-state index >= 15 is 0 Å². The average molecular weight is 252 g/mol. The van der Waals surface area contributed by atoms with Gasteiger partial charge in [0.25, 0.3) is 0 Å². The lowest BCUT2D eigenvalue weighted by Gasteiger charge is -2.22. The summed E-state index contributed by atoms with van der Waals surface area (Å²) in [7, 11) is 0. The topological polar surface area (TPSA) is 76.4 Å². The van der Waals surface area contributed by atoms with Gasteiger partial charge in [0, 0.05) is 17.7 Å². The van der Waals surface area contributed by atoms with E-state index in [-0.39, 0.29) is 11.3 Å². The van der Waals surface area contributed by atoms with Gasteiger partial charge >= 0.3 is 0 Å². The van der Waals surface area contributed by atoms with Crippen LogP contribution in [0.1, 0.15) is 44.1 Å². The lowest BCUT2D eigenvalue weighted by Crippen LogP contribution is -2.33. The van der Waals surface area contributed by atoms with E-state index in [0.717, 1.165) is 25.1 Å². The highest BCUT2D eigenvalue weighted by atomic mass is 16.4. The summed E-state index contributed by atoms with van der Waals surface area (Å²) in [5, 5.41) is 16.4. The van der Waals surface area contributed by atoms with Gasteiger partial charge in [0.2, 0.25) is 0 Å². The molecule has 0 saturated heterocycles. The molecule has 1 aromatic heterocycles. The summed E-state index contributed by atoms with van der Waals surface area (Å²) in [4.78, 5) is 0. The van der Waals surface area contributed by atoms with E-state index in [1.807, 2.05) is 25.5 Å². The third-order valence-electron chi connectivity index (χ3n) is 3.63. The average Bonchev–Trinajstić information content (AvgIpc) is 2.60. The van der Waals surface area contributed by atoms with E-state index in [2.05, 4.69) is 24.1 Å². The van der Waals surface area contributed by atoms with Crippen LogP contribution in [0.3, 0.4) is 0 Å². The first-order valence-corrected chi connectivity index (χ1v) is 6.34. The number of hydrogen-bond donors (Lipinski definition) is 2. The van der Waals surface area contributed by atoms with E-state index in [1.54, 1.807) is 0 Å². The molecule has 1 aromatic rings. The van der Waals surface area contributed by atoms with Crippen LogP contribution in [0.4, 0.5) is 0 Å². The molecule has 0 aliphatic heterocycles. The minimum absolute atomic E-state index is 0.264. The van der Waals surface area contributed by atoms with Crippen LogP contribution in [-0.4, -0.2) is 20.8 Å². The Labute approximate surface area is 109 Å². The molecule has 1 heterocycles. The molecule has 0 unspecified atom stereocenters. The highest BCUT2D eigenvalue weighted by Crippen LogP contribution is 2.22. The Morgan fingerprint density at radius 2 is 2.06 bits per heavy atom. The number of nitrogens with zero attached hydrogens (tertiary/aromatic N) is 3. The summed E-state index contributed by atoms with van der Waals surface area (Å²) < 4.78 is 2.01. The lowest BCUT2D eigenvalue weighted by molar-refractivity contribution is 0.302. The van der Waals surface area contributed by atoms with Crippen molar-refractivity contribution in [2.45, 2.75) is 54.0 Å². The van der Waals surface area contributed by atoms with Gasteiger partial charge in [-0.1, -0.05) is 25.9 Å². The van der Waals surface area contributed by atoms with Crippen molar-refractivity contribution in [3.63, 3.8) is 0 Å². The largest absolute Gasteiger partial charge is 0.409 e. The van der Waals surface area contributed by atoms with Gasteiger partial charge < -0.3 is 10.9 Å². The first-order chi connectivity index (χ1) is 8.33. The number of aryl methyl sites for hydroxylation is 2. The first-order valence-electron chi connectivity index (χ1n) is 6.34. The van der Waals surface area contributed by atoms with E-state index in [4.69, 9.17) is 10.9 Å². The van der Waals surface area contributed by atoms with E-state index in [0.29, 0.717) is 0 Å². The molecule has 0 radical (unpaired) electrons. The van der Waals surface area contributed by atoms with Gasteiger partial charge in [0.05, 0.1) is 5.69 Å². The van der Waals surface area contributed by atoms with Crippen LogP contribution in [0.2, 0.25) is 0 Å². The highest BCUT2D eigenvalue weighted by Gasteiger charge is 2.24. The van der Waals surface area contributed by atoms with Crippen molar-refractivity contribution in [2.75, 3.05) is 0 Å². The molecule has 0 bridgehead atoms. The molecule has 5 heteroatoms. The van der Waals surface area contributed by atoms with Crippen molar-refractivity contribution >= 4 is 5.84 Å². The van der Waals surface area contributed by atoms with Gasteiger partial charge in [-0.05, 0) is 32.3 Å². The van der Waals surface area contributed by atoms with Crippen molar-refractivity contribution in [3.8, 4) is 0 Å². The predicted molar refractivity (Wildman–Crippen MR) is 72.9 cm³/mol. The molecule has 3 N–H and O–H groups in total. The van der Waals surface area contributed by atoms with Crippen molar-refractivity contribution in [3.05, 3.63) is 17.0 Å². The maximum Gasteiger partial charge on any atom is 0.144 e. The maximum absolute atomic E-state index is 8.75. The minimum atomic E-state index is -0.326. The Morgan fingerprint density at radius 1 is 1.44 bits per heavy atom. The van der Waals surface area contributed by atoms with Crippen LogP contribution >= 0.6 is 0 Å². The zero-order valence-corrected chi connectivity index (χ0v) is 12.0. The standard InChI is InChI=1S/C13H24N4O/c1-6-11-9(2)15-17(10(11)3)8-7-13(4,5)12(14)16-18/h18H,6-8H2,1-5H3,(H2,14,16). The molecule has 0 aliphatic rings. The molecule has 0 amide bonds. The summed E-state index contributed by atoms with van der Waals surface area (Å²) in [6.07, 6.45) is 1.79. The third kappa shape index (κ3) is 2.83. The molecule has 5 nitrogen and oxygen atoms in total. The fraction of sp³-hybridized carbons (Fsp3) is 0.692. The van der Waals surface area contributed by atoms with Gasteiger partial charge in [0.15, 0.2) is 0 Å². The maximum atomic E-state index is 8.75. The van der Waals surface area contributed by atoms with Gasteiger partial charge in [-0.3, -0.25) is 4.68 Å². The van der Waals surface area contributed by atoms with Gasteiger partial charge in [-0.15, -0.1) is 0 Å². The summed E-state index contributed by atoms with van der Waals surface area (Å²) in [5.41, 5.74) is 8.98. The number of aromatic nitrogens is 2. The third-order valence-corrected chi connectivity index (χ3v) is 3.63. The number of rotatable bonds is 5. The SMILES string of the molecule is CCc1c(C)nn(CCC(C)(C)C(N)=NO)c1C. The molecule has 0 aliphatic carbocycles. The van der Waals surface area contributed by atoms with E-state index in [1.165, 1.54) is 11.3 Å².